The minimum Gasteiger partial charge on any atom is -0.356 e. The number of rotatable bonds is 5. The molecule has 0 bridgehead atoms. The topological polar surface area (TPSA) is 27.1 Å². The van der Waals surface area contributed by atoms with Crippen molar-refractivity contribution in [2.24, 2.45) is 0 Å². The van der Waals surface area contributed by atoms with Crippen LogP contribution in [0, 0.1) is 0 Å². The van der Waals surface area contributed by atoms with E-state index in [9.17, 15) is 0 Å². The fourth-order valence-electron chi connectivity index (χ4n) is 2.93. The molecule has 2 aromatic rings. The van der Waals surface area contributed by atoms with E-state index < -0.39 is 0 Å². The standard InChI is InChI=1S/C16H19Br2ClN2O/c17-7-3-1-5-11-13(19)9-14-12(16(11)18)10-20-21(14)15-6-2-4-8-22-15/h9-10,15H,1-8H2. The third-order valence-corrected chi connectivity index (χ3v) is 5.93. The first-order chi connectivity index (χ1) is 10.7. The normalized spacial score (nSPS) is 19.0. The van der Waals surface area contributed by atoms with Crippen LogP contribution in [0.2, 0.25) is 5.02 Å². The van der Waals surface area contributed by atoms with Crippen molar-refractivity contribution in [3.63, 3.8) is 0 Å². The van der Waals surface area contributed by atoms with Gasteiger partial charge < -0.3 is 4.74 Å². The van der Waals surface area contributed by atoms with Crippen molar-refractivity contribution in [1.82, 2.24) is 9.78 Å². The van der Waals surface area contributed by atoms with Gasteiger partial charge in [-0.05, 0) is 66.1 Å². The molecular weight excluding hydrogens is 431 g/mol. The van der Waals surface area contributed by atoms with Gasteiger partial charge in [0.15, 0.2) is 6.23 Å². The lowest BCUT2D eigenvalue weighted by Gasteiger charge is -2.23. The highest BCUT2D eigenvalue weighted by Gasteiger charge is 2.21. The molecule has 1 aromatic carbocycles. The fraction of sp³-hybridized carbons (Fsp3) is 0.562. The number of hydrogen-bond acceptors (Lipinski definition) is 2. The molecule has 0 radical (unpaired) electrons. The first kappa shape index (κ1) is 16.7. The number of hydrogen-bond donors (Lipinski definition) is 0. The summed E-state index contributed by atoms with van der Waals surface area (Å²) in [6.45, 7) is 0.811. The quantitative estimate of drug-likeness (QED) is 0.421. The zero-order chi connectivity index (χ0) is 15.5. The van der Waals surface area contributed by atoms with Crippen molar-refractivity contribution < 1.29 is 4.74 Å². The van der Waals surface area contributed by atoms with E-state index in [1.165, 1.54) is 12.0 Å². The van der Waals surface area contributed by atoms with Gasteiger partial charge in [0, 0.05) is 26.8 Å². The first-order valence-corrected chi connectivity index (χ1v) is 10.0. The van der Waals surface area contributed by atoms with Crippen LogP contribution in [0.15, 0.2) is 16.7 Å². The highest BCUT2D eigenvalue weighted by Crippen LogP contribution is 2.36. The number of alkyl halides is 1. The Morgan fingerprint density at radius 3 is 2.95 bits per heavy atom. The molecule has 0 amide bonds. The maximum Gasteiger partial charge on any atom is 0.150 e. The molecule has 0 N–H and O–H groups in total. The van der Waals surface area contributed by atoms with Gasteiger partial charge in [-0.1, -0.05) is 27.5 Å². The molecule has 1 fully saturated rings. The van der Waals surface area contributed by atoms with Gasteiger partial charge in [-0.3, -0.25) is 0 Å². The van der Waals surface area contributed by atoms with Crippen molar-refractivity contribution in [1.29, 1.82) is 0 Å². The van der Waals surface area contributed by atoms with Gasteiger partial charge >= 0.3 is 0 Å². The zero-order valence-corrected chi connectivity index (χ0v) is 16.3. The Hall–Kier alpha value is -0.100. The van der Waals surface area contributed by atoms with Crippen LogP contribution in [-0.2, 0) is 11.2 Å². The van der Waals surface area contributed by atoms with E-state index in [0.717, 1.165) is 64.4 Å². The summed E-state index contributed by atoms with van der Waals surface area (Å²) < 4.78 is 8.91. The molecule has 1 aliphatic rings. The van der Waals surface area contributed by atoms with Crippen LogP contribution in [0.25, 0.3) is 10.9 Å². The third kappa shape index (κ3) is 3.37. The second-order valence-corrected chi connectivity index (χ2v) is 7.63. The van der Waals surface area contributed by atoms with Gasteiger partial charge in [-0.2, -0.15) is 5.10 Å². The van der Waals surface area contributed by atoms with E-state index in [2.05, 4.69) is 37.0 Å². The molecule has 1 aliphatic heterocycles. The maximum atomic E-state index is 6.53. The molecule has 0 saturated carbocycles. The monoisotopic (exact) mass is 448 g/mol. The van der Waals surface area contributed by atoms with Crippen LogP contribution in [0.3, 0.4) is 0 Å². The average molecular weight is 451 g/mol. The van der Waals surface area contributed by atoms with Crippen LogP contribution < -0.4 is 0 Å². The molecule has 0 aliphatic carbocycles. The third-order valence-electron chi connectivity index (χ3n) is 4.13. The van der Waals surface area contributed by atoms with Crippen LogP contribution in [-0.4, -0.2) is 21.7 Å². The number of nitrogens with zero attached hydrogens (tertiary/aromatic N) is 2. The number of ether oxygens (including phenoxy) is 1. The number of benzene rings is 1. The lowest BCUT2D eigenvalue weighted by molar-refractivity contribution is -0.0366. The van der Waals surface area contributed by atoms with Crippen LogP contribution in [0.1, 0.15) is 43.9 Å². The van der Waals surface area contributed by atoms with Gasteiger partial charge in [-0.25, -0.2) is 4.68 Å². The minimum absolute atomic E-state index is 0.0356. The predicted octanol–water partition coefficient (Wildman–Crippen LogP) is 5.87. The first-order valence-electron chi connectivity index (χ1n) is 7.74. The number of halogens is 3. The van der Waals surface area contributed by atoms with Crippen molar-refractivity contribution in [3.05, 3.63) is 27.3 Å². The molecule has 1 unspecified atom stereocenters. The Labute approximate surface area is 152 Å². The SMILES string of the molecule is Clc1cc2c(cnn2C2CCCCO2)c(Br)c1CCCCBr. The summed E-state index contributed by atoms with van der Waals surface area (Å²) in [7, 11) is 0. The lowest BCUT2D eigenvalue weighted by atomic mass is 10.1. The molecule has 0 spiro atoms. The Morgan fingerprint density at radius 2 is 2.23 bits per heavy atom. The minimum atomic E-state index is 0.0356. The largest absolute Gasteiger partial charge is 0.356 e. The van der Waals surface area contributed by atoms with Gasteiger partial charge in [-0.15, -0.1) is 0 Å². The smallest absolute Gasteiger partial charge is 0.150 e. The zero-order valence-electron chi connectivity index (χ0n) is 12.3. The second-order valence-electron chi connectivity index (χ2n) is 5.64. The van der Waals surface area contributed by atoms with Crippen LogP contribution in [0.4, 0.5) is 0 Å². The summed E-state index contributed by atoms with van der Waals surface area (Å²) in [5.74, 6) is 0. The van der Waals surface area contributed by atoms with Crippen molar-refractivity contribution in [2.75, 3.05) is 11.9 Å². The van der Waals surface area contributed by atoms with E-state index in [1.54, 1.807) is 0 Å². The summed E-state index contributed by atoms with van der Waals surface area (Å²) >= 11 is 13.7. The van der Waals surface area contributed by atoms with Crippen molar-refractivity contribution in [2.45, 2.75) is 44.8 Å². The number of aromatic nitrogens is 2. The molecule has 2 heterocycles. The Balaban J connectivity index is 1.95. The Morgan fingerprint density at radius 1 is 1.36 bits per heavy atom. The molecule has 3 nitrogen and oxygen atoms in total. The molecule has 1 aromatic heterocycles. The molecule has 3 rings (SSSR count). The van der Waals surface area contributed by atoms with E-state index in [-0.39, 0.29) is 6.23 Å². The summed E-state index contributed by atoms with van der Waals surface area (Å²) in [5.41, 5.74) is 2.23. The number of unbranched alkanes of at least 4 members (excludes halogenated alkanes) is 1. The molecule has 22 heavy (non-hydrogen) atoms. The number of fused-ring (bicyclic) bond motifs is 1. The highest BCUT2D eigenvalue weighted by molar-refractivity contribution is 9.10. The van der Waals surface area contributed by atoms with Crippen LogP contribution >= 0.6 is 43.5 Å². The van der Waals surface area contributed by atoms with Gasteiger partial charge in [0.2, 0.25) is 0 Å². The van der Waals surface area contributed by atoms with E-state index in [4.69, 9.17) is 16.3 Å². The van der Waals surface area contributed by atoms with E-state index in [0.29, 0.717) is 0 Å². The maximum absolute atomic E-state index is 6.53. The van der Waals surface area contributed by atoms with Crippen molar-refractivity contribution >= 4 is 54.4 Å². The predicted molar refractivity (Wildman–Crippen MR) is 98.0 cm³/mol. The Kier molecular flexibility index (Phi) is 5.82. The molecule has 1 saturated heterocycles. The fourth-order valence-corrected chi connectivity index (χ4v) is 4.45. The summed E-state index contributed by atoms with van der Waals surface area (Å²) in [6.07, 6.45) is 8.54. The Bertz CT molecular complexity index is 653. The molecule has 120 valence electrons. The summed E-state index contributed by atoms with van der Waals surface area (Å²) in [4.78, 5) is 0. The van der Waals surface area contributed by atoms with Crippen molar-refractivity contribution in [3.8, 4) is 0 Å². The molecule has 1 atom stereocenters. The second kappa shape index (κ2) is 7.65. The van der Waals surface area contributed by atoms with E-state index in [1.807, 2.05) is 16.9 Å². The van der Waals surface area contributed by atoms with Crippen LogP contribution in [0.5, 0.6) is 0 Å². The summed E-state index contributed by atoms with van der Waals surface area (Å²) in [5, 5.41) is 7.51. The molecule has 6 heteroatoms. The van der Waals surface area contributed by atoms with Gasteiger partial charge in [0.1, 0.15) is 0 Å². The lowest BCUT2D eigenvalue weighted by Crippen LogP contribution is -2.18. The van der Waals surface area contributed by atoms with Gasteiger partial charge in [0.05, 0.1) is 11.7 Å². The molecular formula is C16H19Br2ClN2O. The average Bonchev–Trinajstić information content (AvgIpc) is 2.95. The highest BCUT2D eigenvalue weighted by atomic mass is 79.9. The van der Waals surface area contributed by atoms with Gasteiger partial charge in [0.25, 0.3) is 0 Å². The summed E-state index contributed by atoms with van der Waals surface area (Å²) in [6, 6.07) is 2.04. The van der Waals surface area contributed by atoms with E-state index >= 15 is 0 Å².